The molecule has 0 fully saturated rings. The van der Waals surface area contributed by atoms with Gasteiger partial charge in [-0.2, -0.15) is 5.10 Å². The van der Waals surface area contributed by atoms with E-state index in [4.69, 9.17) is 4.74 Å². The second-order valence-electron chi connectivity index (χ2n) is 5.78. The SMILES string of the molecule is Cc1cc(OCC(=O)N/N=C/c2ccccc2F)ccc1C(C)C. The number of aryl methyl sites for hydroxylation is 1. The normalized spacial score (nSPS) is 11.0. The molecule has 0 spiro atoms. The summed E-state index contributed by atoms with van der Waals surface area (Å²) >= 11 is 0. The lowest BCUT2D eigenvalue weighted by Crippen LogP contribution is -2.24. The van der Waals surface area contributed by atoms with Gasteiger partial charge >= 0.3 is 0 Å². The van der Waals surface area contributed by atoms with Crippen LogP contribution in [0.15, 0.2) is 47.6 Å². The fraction of sp³-hybridized carbons (Fsp3) is 0.263. The van der Waals surface area contributed by atoms with Crippen LogP contribution in [-0.2, 0) is 4.79 Å². The van der Waals surface area contributed by atoms with E-state index in [1.807, 2.05) is 25.1 Å². The molecule has 0 bridgehead atoms. The summed E-state index contributed by atoms with van der Waals surface area (Å²) in [7, 11) is 0. The number of ether oxygens (including phenoxy) is 1. The van der Waals surface area contributed by atoms with Crippen LogP contribution < -0.4 is 10.2 Å². The van der Waals surface area contributed by atoms with E-state index in [1.54, 1.807) is 18.2 Å². The smallest absolute Gasteiger partial charge is 0.277 e. The molecule has 0 aliphatic heterocycles. The highest BCUT2D eigenvalue weighted by atomic mass is 19.1. The molecule has 2 aromatic rings. The molecule has 0 radical (unpaired) electrons. The Labute approximate surface area is 141 Å². The highest BCUT2D eigenvalue weighted by Gasteiger charge is 2.06. The van der Waals surface area contributed by atoms with Gasteiger partial charge in [0.25, 0.3) is 5.91 Å². The summed E-state index contributed by atoms with van der Waals surface area (Å²) in [5.74, 6) is 0.265. The minimum Gasteiger partial charge on any atom is -0.484 e. The van der Waals surface area contributed by atoms with Crippen LogP contribution in [0, 0.1) is 12.7 Å². The van der Waals surface area contributed by atoms with Crippen LogP contribution in [0.25, 0.3) is 0 Å². The maximum atomic E-state index is 13.4. The van der Waals surface area contributed by atoms with Crippen molar-refractivity contribution in [2.24, 2.45) is 5.10 Å². The van der Waals surface area contributed by atoms with Gasteiger partial charge in [0.15, 0.2) is 6.61 Å². The predicted octanol–water partition coefficient (Wildman–Crippen LogP) is 3.79. The van der Waals surface area contributed by atoms with Crippen LogP contribution in [0.3, 0.4) is 0 Å². The van der Waals surface area contributed by atoms with E-state index in [9.17, 15) is 9.18 Å². The molecule has 0 aliphatic carbocycles. The molecule has 2 aromatic carbocycles. The molecular weight excluding hydrogens is 307 g/mol. The van der Waals surface area contributed by atoms with Gasteiger partial charge in [-0.15, -0.1) is 0 Å². The van der Waals surface area contributed by atoms with Crippen molar-refractivity contribution in [3.05, 3.63) is 65.0 Å². The Bertz CT molecular complexity index is 742. The second kappa shape index (κ2) is 8.24. The van der Waals surface area contributed by atoms with Gasteiger partial charge in [0.1, 0.15) is 11.6 Å². The Morgan fingerprint density at radius 1 is 1.29 bits per heavy atom. The summed E-state index contributed by atoms with van der Waals surface area (Å²) in [6.07, 6.45) is 1.26. The third kappa shape index (κ3) is 4.91. The zero-order valence-electron chi connectivity index (χ0n) is 14.0. The topological polar surface area (TPSA) is 50.7 Å². The van der Waals surface area contributed by atoms with Crippen molar-refractivity contribution >= 4 is 12.1 Å². The van der Waals surface area contributed by atoms with Crippen LogP contribution >= 0.6 is 0 Å². The fourth-order valence-electron chi connectivity index (χ4n) is 2.32. The number of hydrogen-bond donors (Lipinski definition) is 1. The lowest BCUT2D eigenvalue weighted by molar-refractivity contribution is -0.123. The van der Waals surface area contributed by atoms with Crippen molar-refractivity contribution < 1.29 is 13.9 Å². The number of rotatable bonds is 6. The van der Waals surface area contributed by atoms with Crippen LogP contribution in [0.1, 0.15) is 36.5 Å². The highest BCUT2D eigenvalue weighted by molar-refractivity contribution is 5.83. The molecule has 0 heterocycles. The van der Waals surface area contributed by atoms with Crippen LogP contribution in [0.4, 0.5) is 4.39 Å². The second-order valence-corrected chi connectivity index (χ2v) is 5.78. The molecule has 0 aliphatic rings. The lowest BCUT2D eigenvalue weighted by atomic mass is 9.98. The first kappa shape index (κ1) is 17.7. The van der Waals surface area contributed by atoms with Crippen molar-refractivity contribution in [2.75, 3.05) is 6.61 Å². The average Bonchev–Trinajstić information content (AvgIpc) is 2.54. The van der Waals surface area contributed by atoms with Crippen molar-refractivity contribution in [1.29, 1.82) is 0 Å². The molecule has 0 saturated carbocycles. The van der Waals surface area contributed by atoms with E-state index in [0.717, 1.165) is 5.56 Å². The minimum absolute atomic E-state index is 0.158. The van der Waals surface area contributed by atoms with E-state index in [1.165, 1.54) is 17.8 Å². The highest BCUT2D eigenvalue weighted by Crippen LogP contribution is 2.23. The van der Waals surface area contributed by atoms with Gasteiger partial charge in [0, 0.05) is 5.56 Å². The molecule has 24 heavy (non-hydrogen) atoms. The van der Waals surface area contributed by atoms with Gasteiger partial charge in [-0.3, -0.25) is 4.79 Å². The number of carbonyl (C=O) groups is 1. The molecule has 0 atom stereocenters. The molecule has 0 saturated heterocycles. The van der Waals surface area contributed by atoms with Crippen LogP contribution in [0.2, 0.25) is 0 Å². The van der Waals surface area contributed by atoms with Crippen molar-refractivity contribution in [3.63, 3.8) is 0 Å². The monoisotopic (exact) mass is 328 g/mol. The molecule has 0 aromatic heterocycles. The van der Waals surface area contributed by atoms with Crippen LogP contribution in [-0.4, -0.2) is 18.7 Å². The largest absolute Gasteiger partial charge is 0.484 e. The first-order chi connectivity index (χ1) is 11.5. The Kier molecular flexibility index (Phi) is 6.07. The fourth-order valence-corrected chi connectivity index (χ4v) is 2.32. The Balaban J connectivity index is 1.85. The molecule has 126 valence electrons. The Morgan fingerprint density at radius 2 is 2.04 bits per heavy atom. The molecule has 1 amide bonds. The Hall–Kier alpha value is -2.69. The number of carbonyl (C=O) groups excluding carboxylic acids is 1. The predicted molar refractivity (Wildman–Crippen MR) is 92.9 cm³/mol. The zero-order chi connectivity index (χ0) is 17.5. The van der Waals surface area contributed by atoms with Crippen molar-refractivity contribution in [2.45, 2.75) is 26.7 Å². The third-order valence-electron chi connectivity index (χ3n) is 3.53. The van der Waals surface area contributed by atoms with Gasteiger partial charge in [0.2, 0.25) is 0 Å². The third-order valence-corrected chi connectivity index (χ3v) is 3.53. The van der Waals surface area contributed by atoms with Gasteiger partial charge in [-0.1, -0.05) is 38.1 Å². The van der Waals surface area contributed by atoms with Gasteiger partial charge < -0.3 is 4.74 Å². The van der Waals surface area contributed by atoms with E-state index in [-0.39, 0.29) is 6.61 Å². The van der Waals surface area contributed by atoms with E-state index >= 15 is 0 Å². The zero-order valence-corrected chi connectivity index (χ0v) is 14.0. The molecule has 5 heteroatoms. The molecule has 4 nitrogen and oxygen atoms in total. The number of halogens is 1. The molecular formula is C19H21FN2O2. The average molecular weight is 328 g/mol. The van der Waals surface area contributed by atoms with Crippen LogP contribution in [0.5, 0.6) is 5.75 Å². The number of hydrazone groups is 1. The molecule has 2 rings (SSSR count). The number of nitrogens with zero attached hydrogens (tertiary/aromatic N) is 1. The van der Waals surface area contributed by atoms with Crippen molar-refractivity contribution in [3.8, 4) is 5.75 Å². The summed E-state index contributed by atoms with van der Waals surface area (Å²) in [6.45, 7) is 6.11. The maximum Gasteiger partial charge on any atom is 0.277 e. The van der Waals surface area contributed by atoms with Gasteiger partial charge in [-0.25, -0.2) is 9.82 Å². The Morgan fingerprint density at radius 3 is 2.71 bits per heavy atom. The van der Waals surface area contributed by atoms with Crippen molar-refractivity contribution in [1.82, 2.24) is 5.43 Å². The molecule has 0 unspecified atom stereocenters. The van der Waals surface area contributed by atoms with E-state index in [2.05, 4.69) is 24.4 Å². The van der Waals surface area contributed by atoms with Gasteiger partial charge in [-0.05, 0) is 42.2 Å². The lowest BCUT2D eigenvalue weighted by Gasteiger charge is -2.12. The quantitative estimate of drug-likeness (QED) is 0.648. The molecule has 1 N–H and O–H groups in total. The summed E-state index contributed by atoms with van der Waals surface area (Å²) in [5, 5.41) is 3.72. The number of hydrogen-bond acceptors (Lipinski definition) is 3. The number of benzene rings is 2. The number of nitrogens with one attached hydrogen (secondary N) is 1. The first-order valence-electron chi connectivity index (χ1n) is 7.77. The first-order valence-corrected chi connectivity index (χ1v) is 7.77. The summed E-state index contributed by atoms with van der Waals surface area (Å²) in [4.78, 5) is 11.7. The number of amides is 1. The summed E-state index contributed by atoms with van der Waals surface area (Å²) in [6, 6.07) is 11.9. The summed E-state index contributed by atoms with van der Waals surface area (Å²) in [5.41, 5.74) is 4.99. The van der Waals surface area contributed by atoms with E-state index < -0.39 is 11.7 Å². The van der Waals surface area contributed by atoms with E-state index in [0.29, 0.717) is 17.2 Å². The van der Waals surface area contributed by atoms with Gasteiger partial charge in [0.05, 0.1) is 6.21 Å². The summed E-state index contributed by atoms with van der Waals surface area (Å²) < 4.78 is 18.8. The maximum absolute atomic E-state index is 13.4. The standard InChI is InChI=1S/C19H21FN2O2/c1-13(2)17-9-8-16(10-14(17)3)24-12-19(23)22-21-11-15-6-4-5-7-18(15)20/h4-11,13H,12H2,1-3H3,(H,22,23)/b21-11+. The minimum atomic E-state index is -0.409.